The van der Waals surface area contributed by atoms with Gasteiger partial charge < -0.3 is 20.1 Å². The third-order valence-electron chi connectivity index (χ3n) is 8.09. The second-order valence-electron chi connectivity index (χ2n) is 11.1. The number of thioether (sulfide) groups is 1. The van der Waals surface area contributed by atoms with Gasteiger partial charge in [0.25, 0.3) is 5.91 Å². The highest BCUT2D eigenvalue weighted by atomic mass is 35.5. The molecule has 1 atom stereocenters. The van der Waals surface area contributed by atoms with Gasteiger partial charge >= 0.3 is 0 Å². The number of nitrogens with zero attached hydrogens (tertiary/aromatic N) is 3. The summed E-state index contributed by atoms with van der Waals surface area (Å²) in [6.45, 7) is 6.15. The number of carbonyl (C=O) groups is 1. The third kappa shape index (κ3) is 6.98. The first-order chi connectivity index (χ1) is 22.7. The fourth-order valence-electron chi connectivity index (χ4n) is 5.37. The Morgan fingerprint density at radius 3 is 2.38 bits per heavy atom. The van der Waals surface area contributed by atoms with Crippen LogP contribution in [0, 0.1) is 13.8 Å². The molecule has 1 aliphatic heterocycles. The lowest BCUT2D eigenvalue weighted by Gasteiger charge is -2.29. The molecule has 2 N–H and O–H groups in total. The van der Waals surface area contributed by atoms with Gasteiger partial charge in [0.05, 0.1) is 12.7 Å². The van der Waals surface area contributed by atoms with Crippen LogP contribution < -0.4 is 20.1 Å². The number of amides is 1. The average Bonchev–Trinajstić information content (AvgIpc) is 3.47. The summed E-state index contributed by atoms with van der Waals surface area (Å²) in [5.74, 6) is 1.91. The molecule has 47 heavy (non-hydrogen) atoms. The lowest BCUT2D eigenvalue weighted by molar-refractivity contribution is -0.113. The van der Waals surface area contributed by atoms with E-state index in [1.807, 2.05) is 106 Å². The molecule has 0 radical (unpaired) electrons. The van der Waals surface area contributed by atoms with Crippen LogP contribution >= 0.6 is 35.0 Å². The minimum atomic E-state index is -0.620. The summed E-state index contributed by atoms with van der Waals surface area (Å²) in [5, 5.41) is 13.2. The van der Waals surface area contributed by atoms with Crippen molar-refractivity contribution >= 4 is 52.5 Å². The maximum atomic E-state index is 14.1. The van der Waals surface area contributed by atoms with Crippen LogP contribution in [0.5, 0.6) is 11.5 Å². The zero-order valence-corrected chi connectivity index (χ0v) is 28.6. The lowest BCUT2D eigenvalue weighted by atomic mass is 9.94. The standard InChI is InChI=1S/C36H33Cl2N5O3S/c1-21-10-9-15-29(22(21)2)40-34(44)32-23(3)39-35-41-36(47-20-26-12-6-8-14-28(26)38)42-43(35)33(32)24-16-17-30(31(18-24)45-4)46-19-25-11-5-7-13-27(25)37/h5-18,33H,19-20H2,1-4H3,(H,40,44)(H,39,41,42). The molecule has 6 rings (SSSR count). The van der Waals surface area contributed by atoms with E-state index in [9.17, 15) is 4.79 Å². The molecule has 240 valence electrons. The van der Waals surface area contributed by atoms with E-state index in [1.54, 1.807) is 11.8 Å². The molecule has 4 aromatic carbocycles. The third-order valence-corrected chi connectivity index (χ3v) is 9.71. The van der Waals surface area contributed by atoms with Gasteiger partial charge in [0.1, 0.15) is 12.6 Å². The monoisotopic (exact) mass is 685 g/mol. The van der Waals surface area contributed by atoms with Crippen LogP contribution in [0.25, 0.3) is 0 Å². The number of ether oxygens (including phenoxy) is 2. The normalized spacial score (nSPS) is 14.0. The van der Waals surface area contributed by atoms with Gasteiger partial charge in [0, 0.05) is 32.7 Å². The second kappa shape index (κ2) is 14.1. The molecular formula is C36H33Cl2N5O3S. The Morgan fingerprint density at radius 2 is 1.66 bits per heavy atom. The second-order valence-corrected chi connectivity index (χ2v) is 12.9. The molecule has 0 bridgehead atoms. The van der Waals surface area contributed by atoms with Crippen LogP contribution in [0.1, 0.15) is 40.8 Å². The van der Waals surface area contributed by atoms with Crippen molar-refractivity contribution in [3.05, 3.63) is 134 Å². The van der Waals surface area contributed by atoms with E-state index in [1.165, 1.54) is 11.8 Å². The smallest absolute Gasteiger partial charge is 0.255 e. The minimum absolute atomic E-state index is 0.252. The molecule has 1 aliphatic rings. The van der Waals surface area contributed by atoms with E-state index in [0.717, 1.165) is 33.5 Å². The van der Waals surface area contributed by atoms with E-state index >= 15 is 0 Å². The number of benzene rings is 4. The van der Waals surface area contributed by atoms with Gasteiger partial charge in [-0.1, -0.05) is 89.6 Å². The summed E-state index contributed by atoms with van der Waals surface area (Å²) in [6, 6.07) is 26.1. The number of hydrogen-bond donors (Lipinski definition) is 2. The van der Waals surface area contributed by atoms with Crippen LogP contribution in [0.15, 0.2) is 101 Å². The first-order valence-electron chi connectivity index (χ1n) is 15.0. The molecular weight excluding hydrogens is 653 g/mol. The first-order valence-corrected chi connectivity index (χ1v) is 16.7. The van der Waals surface area contributed by atoms with Gasteiger partial charge in [0.15, 0.2) is 11.5 Å². The Balaban J connectivity index is 1.36. The molecule has 0 saturated heterocycles. The molecule has 1 amide bonds. The van der Waals surface area contributed by atoms with Crippen LogP contribution in [0.3, 0.4) is 0 Å². The fraction of sp³-hybridized carbons (Fsp3) is 0.194. The van der Waals surface area contributed by atoms with Crippen molar-refractivity contribution in [1.29, 1.82) is 0 Å². The summed E-state index contributed by atoms with van der Waals surface area (Å²) < 4.78 is 13.7. The average molecular weight is 687 g/mol. The number of methoxy groups -OCH3 is 1. The maximum Gasteiger partial charge on any atom is 0.255 e. The lowest BCUT2D eigenvalue weighted by Crippen LogP contribution is -2.31. The van der Waals surface area contributed by atoms with Crippen molar-refractivity contribution in [3.8, 4) is 11.5 Å². The van der Waals surface area contributed by atoms with E-state index < -0.39 is 6.04 Å². The number of nitrogens with one attached hydrogen (secondary N) is 2. The van der Waals surface area contributed by atoms with Gasteiger partial charge in [-0.2, -0.15) is 4.98 Å². The van der Waals surface area contributed by atoms with Crippen LogP contribution in [0.4, 0.5) is 11.6 Å². The van der Waals surface area contributed by atoms with Crippen molar-refractivity contribution in [1.82, 2.24) is 14.8 Å². The van der Waals surface area contributed by atoms with Crippen molar-refractivity contribution in [2.75, 3.05) is 17.7 Å². The van der Waals surface area contributed by atoms with E-state index in [0.29, 0.717) is 49.7 Å². The SMILES string of the molecule is COc1cc(C2C(C(=O)Nc3cccc(C)c3C)=C(C)Nc3nc(SCc4ccccc4Cl)nn32)ccc1OCc1ccccc1Cl. The number of aryl methyl sites for hydroxylation is 1. The zero-order valence-electron chi connectivity index (χ0n) is 26.3. The van der Waals surface area contributed by atoms with Gasteiger partial charge in [0.2, 0.25) is 11.1 Å². The number of rotatable bonds is 10. The Hall–Kier alpha value is -4.44. The summed E-state index contributed by atoms with van der Waals surface area (Å²) in [7, 11) is 1.59. The predicted octanol–water partition coefficient (Wildman–Crippen LogP) is 9.01. The number of halogens is 2. The molecule has 11 heteroatoms. The minimum Gasteiger partial charge on any atom is -0.493 e. The topological polar surface area (TPSA) is 90.3 Å². The fourth-order valence-corrected chi connectivity index (χ4v) is 6.68. The van der Waals surface area contributed by atoms with Crippen molar-refractivity contribution in [2.45, 2.75) is 44.3 Å². The van der Waals surface area contributed by atoms with E-state index in [2.05, 4.69) is 10.6 Å². The highest BCUT2D eigenvalue weighted by Gasteiger charge is 2.35. The Morgan fingerprint density at radius 1 is 0.936 bits per heavy atom. The van der Waals surface area contributed by atoms with Crippen molar-refractivity contribution < 1.29 is 14.3 Å². The molecule has 2 heterocycles. The predicted molar refractivity (Wildman–Crippen MR) is 189 cm³/mol. The van der Waals surface area contributed by atoms with Crippen molar-refractivity contribution in [3.63, 3.8) is 0 Å². The number of allylic oxidation sites excluding steroid dienone is 1. The summed E-state index contributed by atoms with van der Waals surface area (Å²) in [6.07, 6.45) is 0. The largest absolute Gasteiger partial charge is 0.493 e. The molecule has 0 saturated carbocycles. The summed E-state index contributed by atoms with van der Waals surface area (Å²) in [4.78, 5) is 18.9. The van der Waals surface area contributed by atoms with Gasteiger partial charge in [-0.25, -0.2) is 4.68 Å². The number of fused-ring (bicyclic) bond motifs is 1. The Bertz CT molecular complexity index is 1990. The van der Waals surface area contributed by atoms with Crippen molar-refractivity contribution in [2.24, 2.45) is 0 Å². The molecule has 0 aliphatic carbocycles. The van der Waals surface area contributed by atoms with Crippen LogP contribution in [0.2, 0.25) is 10.0 Å². The molecule has 5 aromatic rings. The number of carbonyl (C=O) groups excluding carboxylic acids is 1. The van der Waals surface area contributed by atoms with Gasteiger partial charge in [-0.15, -0.1) is 5.10 Å². The quantitative estimate of drug-likeness (QED) is 0.142. The first kappa shape index (κ1) is 32.5. The van der Waals surface area contributed by atoms with Crippen LogP contribution in [-0.4, -0.2) is 27.8 Å². The van der Waals surface area contributed by atoms with Crippen LogP contribution in [-0.2, 0) is 17.2 Å². The molecule has 0 fully saturated rings. The Labute approximate surface area is 288 Å². The van der Waals surface area contributed by atoms with E-state index in [-0.39, 0.29) is 12.5 Å². The van der Waals surface area contributed by atoms with Gasteiger partial charge in [-0.3, -0.25) is 4.79 Å². The maximum absolute atomic E-state index is 14.1. The van der Waals surface area contributed by atoms with E-state index in [4.69, 9.17) is 42.8 Å². The Kier molecular flexibility index (Phi) is 9.77. The molecule has 1 unspecified atom stereocenters. The van der Waals surface area contributed by atoms with Gasteiger partial charge in [-0.05, 0) is 73.4 Å². The summed E-state index contributed by atoms with van der Waals surface area (Å²) in [5.41, 5.74) is 6.61. The number of hydrogen-bond acceptors (Lipinski definition) is 7. The highest BCUT2D eigenvalue weighted by molar-refractivity contribution is 7.98. The molecule has 0 spiro atoms. The molecule has 8 nitrogen and oxygen atoms in total. The highest BCUT2D eigenvalue weighted by Crippen LogP contribution is 2.40. The molecule has 1 aromatic heterocycles. The number of anilines is 2. The summed E-state index contributed by atoms with van der Waals surface area (Å²) >= 11 is 14.2. The zero-order chi connectivity index (χ0) is 33.1. The number of aromatic nitrogens is 3.